The minimum atomic E-state index is -1.36. The minimum Gasteiger partial charge on any atom is -0.867 e. The van der Waals surface area contributed by atoms with Crippen LogP contribution in [0.4, 0.5) is 4.39 Å². The van der Waals surface area contributed by atoms with Crippen molar-refractivity contribution in [1.29, 1.82) is 0 Å². The molecule has 0 spiro atoms. The van der Waals surface area contributed by atoms with Crippen molar-refractivity contribution in [1.82, 2.24) is 25.1 Å². The summed E-state index contributed by atoms with van der Waals surface area (Å²) in [5.74, 6) is -4.32. The maximum Gasteiger partial charge on any atom is 1.00 e. The molecule has 0 saturated carbocycles. The Balaban J connectivity index is 0.00000512. The van der Waals surface area contributed by atoms with Crippen LogP contribution in [0.5, 0.6) is 5.75 Å². The third-order valence-electron chi connectivity index (χ3n) is 4.42. The predicted octanol–water partition coefficient (Wildman–Crippen LogP) is -3.63. The molecule has 0 bridgehead atoms. The maximum absolute atomic E-state index is 13.0. The van der Waals surface area contributed by atoms with Crippen molar-refractivity contribution in [3.63, 3.8) is 0 Å². The summed E-state index contributed by atoms with van der Waals surface area (Å²) in [6.45, 7) is 2.92. The topological polar surface area (TPSA) is 136 Å². The molecule has 3 amide bonds. The Labute approximate surface area is 206 Å². The molecule has 32 heavy (non-hydrogen) atoms. The smallest absolute Gasteiger partial charge is 0.867 e. The Morgan fingerprint density at radius 1 is 1.19 bits per heavy atom. The van der Waals surface area contributed by atoms with E-state index in [-0.39, 0.29) is 41.9 Å². The van der Waals surface area contributed by atoms with Gasteiger partial charge < -0.3 is 20.6 Å². The fourth-order valence-electron chi connectivity index (χ4n) is 2.76. The van der Waals surface area contributed by atoms with Crippen molar-refractivity contribution >= 4 is 17.7 Å². The van der Waals surface area contributed by atoms with E-state index >= 15 is 0 Å². The average Bonchev–Trinajstić information content (AvgIpc) is 2.70. The fourth-order valence-corrected chi connectivity index (χ4v) is 2.76. The van der Waals surface area contributed by atoms with Gasteiger partial charge in [0.1, 0.15) is 17.3 Å². The van der Waals surface area contributed by atoms with Gasteiger partial charge in [0.15, 0.2) is 0 Å². The van der Waals surface area contributed by atoms with Gasteiger partial charge in [-0.05, 0) is 37.3 Å². The van der Waals surface area contributed by atoms with Gasteiger partial charge in [-0.1, -0.05) is 12.1 Å². The fraction of sp³-hybridized carbons (Fsp3) is 0.350. The van der Waals surface area contributed by atoms with Crippen LogP contribution in [0.25, 0.3) is 0 Å². The Kier molecular flexibility index (Phi) is 9.13. The van der Waals surface area contributed by atoms with Gasteiger partial charge in [-0.15, -0.1) is 0 Å². The van der Waals surface area contributed by atoms with Crippen molar-refractivity contribution in [3.8, 4) is 5.75 Å². The van der Waals surface area contributed by atoms with Crippen LogP contribution in [-0.4, -0.2) is 46.3 Å². The third kappa shape index (κ3) is 6.15. The van der Waals surface area contributed by atoms with Crippen LogP contribution in [0, 0.1) is 5.82 Å². The van der Waals surface area contributed by atoms with Crippen LogP contribution in [0.2, 0.25) is 0 Å². The quantitative estimate of drug-likeness (QED) is 0.353. The van der Waals surface area contributed by atoms with Gasteiger partial charge in [-0.2, -0.15) is 0 Å². The van der Waals surface area contributed by atoms with Crippen LogP contribution in [0.3, 0.4) is 0 Å². The summed E-state index contributed by atoms with van der Waals surface area (Å²) in [6, 6.07) is 5.35. The van der Waals surface area contributed by atoms with Gasteiger partial charge in [0.05, 0.1) is 5.54 Å². The number of likely N-dealkylation sites (N-methyl/N-ethyl adjacent to an activating group) is 1. The van der Waals surface area contributed by atoms with E-state index in [1.54, 1.807) is 0 Å². The zero-order valence-electron chi connectivity index (χ0n) is 18.8. The molecule has 0 atom stereocenters. The van der Waals surface area contributed by atoms with E-state index in [0.29, 0.717) is 5.56 Å². The van der Waals surface area contributed by atoms with E-state index in [1.807, 2.05) is 0 Å². The molecule has 0 radical (unpaired) electrons. The Morgan fingerprint density at radius 3 is 2.28 bits per heavy atom. The molecular weight excluding hydrogens is 432 g/mol. The monoisotopic (exact) mass is 455 g/mol. The summed E-state index contributed by atoms with van der Waals surface area (Å²) >= 11 is 0. The first-order chi connectivity index (χ1) is 14.3. The second-order valence-corrected chi connectivity index (χ2v) is 7.57. The summed E-state index contributed by atoms with van der Waals surface area (Å²) in [5.41, 5.74) is -2.46. The molecule has 12 heteroatoms. The first-order valence-corrected chi connectivity index (χ1v) is 9.20. The number of nitrogens with zero attached hydrogens (tertiary/aromatic N) is 3. The van der Waals surface area contributed by atoms with E-state index in [0.717, 1.165) is 9.47 Å². The molecule has 1 aromatic carbocycles. The van der Waals surface area contributed by atoms with Gasteiger partial charge in [0.2, 0.25) is 5.56 Å². The van der Waals surface area contributed by atoms with Crippen molar-refractivity contribution in [3.05, 3.63) is 57.5 Å². The first-order valence-electron chi connectivity index (χ1n) is 9.20. The SMILES string of the molecule is CN(C)C(=O)C(=O)NC(C)(C)c1nc(C(=O)NCc2ccc(F)cc2)c([O-])c(=O)n1C.[Na+]. The molecule has 1 aromatic heterocycles. The molecule has 0 saturated heterocycles. The number of benzene rings is 1. The van der Waals surface area contributed by atoms with E-state index in [2.05, 4.69) is 15.6 Å². The zero-order valence-corrected chi connectivity index (χ0v) is 20.8. The zero-order chi connectivity index (χ0) is 23.5. The summed E-state index contributed by atoms with van der Waals surface area (Å²) < 4.78 is 13.9. The van der Waals surface area contributed by atoms with E-state index in [9.17, 15) is 28.7 Å². The largest absolute Gasteiger partial charge is 1.00 e. The summed E-state index contributed by atoms with van der Waals surface area (Å²) in [7, 11) is 4.07. The molecule has 0 fully saturated rings. The number of carbonyl (C=O) groups is 3. The van der Waals surface area contributed by atoms with Crippen molar-refractivity contribution in [2.24, 2.45) is 7.05 Å². The number of carbonyl (C=O) groups excluding carboxylic acids is 3. The average molecular weight is 455 g/mol. The Hall–Kier alpha value is -2.76. The Bertz CT molecular complexity index is 1080. The number of amides is 3. The molecule has 166 valence electrons. The summed E-state index contributed by atoms with van der Waals surface area (Å²) in [6.07, 6.45) is 0. The van der Waals surface area contributed by atoms with Crippen LogP contribution < -0.4 is 50.9 Å². The molecule has 0 aliphatic heterocycles. The maximum atomic E-state index is 13.0. The van der Waals surface area contributed by atoms with Crippen LogP contribution in [-0.2, 0) is 28.7 Å². The summed E-state index contributed by atoms with van der Waals surface area (Å²) in [5, 5.41) is 17.2. The van der Waals surface area contributed by atoms with Crippen LogP contribution >= 0.6 is 0 Å². The van der Waals surface area contributed by atoms with Gasteiger partial charge in [-0.25, -0.2) is 9.37 Å². The third-order valence-corrected chi connectivity index (χ3v) is 4.42. The summed E-state index contributed by atoms with van der Waals surface area (Å²) in [4.78, 5) is 54.0. The standard InChI is InChI=1S/C20H24FN5O5.Na/c1-20(2,24-16(29)18(31)25(3)4)19-23-13(14(27)17(30)26(19)5)15(28)22-10-11-6-8-12(21)9-7-11;/h6-9,27H,10H2,1-5H3,(H,22,28)(H,24,29);/q;+1/p-1. The van der Waals surface area contributed by atoms with E-state index in [1.165, 1.54) is 59.3 Å². The number of nitrogens with one attached hydrogen (secondary N) is 2. The van der Waals surface area contributed by atoms with Gasteiger partial charge in [-0.3, -0.25) is 23.7 Å². The molecular formula is C20H23FN5NaO5. The van der Waals surface area contributed by atoms with E-state index < -0.39 is 46.1 Å². The Morgan fingerprint density at radius 2 is 1.75 bits per heavy atom. The van der Waals surface area contributed by atoms with Crippen LogP contribution in [0.1, 0.15) is 35.7 Å². The molecule has 2 N–H and O–H groups in total. The molecule has 2 aromatic rings. The normalized spacial score (nSPS) is 10.7. The molecule has 1 heterocycles. The van der Waals surface area contributed by atoms with Crippen molar-refractivity contribution in [2.75, 3.05) is 14.1 Å². The molecule has 0 aliphatic rings. The van der Waals surface area contributed by atoms with Crippen LogP contribution in [0.15, 0.2) is 29.1 Å². The van der Waals surface area contributed by atoms with Gasteiger partial charge in [0, 0.05) is 27.7 Å². The molecule has 0 unspecified atom stereocenters. The predicted molar refractivity (Wildman–Crippen MR) is 106 cm³/mol. The van der Waals surface area contributed by atoms with Gasteiger partial charge >= 0.3 is 41.4 Å². The van der Waals surface area contributed by atoms with E-state index in [4.69, 9.17) is 0 Å². The molecule has 0 aliphatic carbocycles. The number of rotatable bonds is 5. The molecule has 2 rings (SSSR count). The minimum absolute atomic E-state index is 0. The number of aromatic nitrogens is 2. The number of halogens is 1. The second-order valence-electron chi connectivity index (χ2n) is 7.57. The first kappa shape index (κ1) is 27.3. The number of hydrogen-bond acceptors (Lipinski definition) is 6. The van der Waals surface area contributed by atoms with Crippen molar-refractivity contribution < 1.29 is 53.4 Å². The van der Waals surface area contributed by atoms with Gasteiger partial charge in [0.25, 0.3) is 5.91 Å². The number of hydrogen-bond donors (Lipinski definition) is 2. The molecule has 10 nitrogen and oxygen atoms in total. The van der Waals surface area contributed by atoms with Crippen molar-refractivity contribution in [2.45, 2.75) is 25.9 Å². The second kappa shape index (κ2) is 10.7.